The van der Waals surface area contributed by atoms with Crippen LogP contribution in [0.5, 0.6) is 0 Å². The Bertz CT molecular complexity index is 567. The molecule has 0 fully saturated rings. The van der Waals surface area contributed by atoms with Crippen molar-refractivity contribution in [1.29, 1.82) is 0 Å². The van der Waals surface area contributed by atoms with Gasteiger partial charge in [-0.2, -0.15) is 0 Å². The van der Waals surface area contributed by atoms with Crippen LogP contribution in [0.15, 0.2) is 42.5 Å². The van der Waals surface area contributed by atoms with E-state index in [1.807, 2.05) is 18.2 Å². The van der Waals surface area contributed by atoms with Gasteiger partial charge in [-0.15, -0.1) is 0 Å². The number of benzene rings is 2. The standard InChI is InChI=1S/C15H13F/c1-15(2)13-6-4-3-5-11(13)12-9-10(16)7-8-14(12)15/h3-9H,1-2H3. The zero-order valence-electron chi connectivity index (χ0n) is 9.42. The summed E-state index contributed by atoms with van der Waals surface area (Å²) in [6.07, 6.45) is 0. The summed E-state index contributed by atoms with van der Waals surface area (Å²) in [6.45, 7) is 4.38. The molecule has 0 aromatic heterocycles. The number of hydrogen-bond acceptors (Lipinski definition) is 0. The molecule has 1 heteroatoms. The summed E-state index contributed by atoms with van der Waals surface area (Å²) >= 11 is 0. The SMILES string of the molecule is CC1(C)c2ccccc2-c2cc(F)ccc21. The molecule has 0 aliphatic heterocycles. The van der Waals surface area contributed by atoms with Crippen molar-refractivity contribution in [3.05, 3.63) is 59.4 Å². The van der Waals surface area contributed by atoms with E-state index in [0.29, 0.717) is 0 Å². The Hall–Kier alpha value is -1.63. The largest absolute Gasteiger partial charge is 0.207 e. The second kappa shape index (κ2) is 2.94. The van der Waals surface area contributed by atoms with E-state index < -0.39 is 0 Å². The summed E-state index contributed by atoms with van der Waals surface area (Å²) in [5.41, 5.74) is 4.70. The minimum Gasteiger partial charge on any atom is -0.207 e. The molecular weight excluding hydrogens is 199 g/mol. The second-order valence-electron chi connectivity index (χ2n) is 4.86. The van der Waals surface area contributed by atoms with Crippen LogP contribution in [0.4, 0.5) is 4.39 Å². The molecule has 0 bridgehead atoms. The molecule has 3 rings (SSSR count). The molecule has 0 nitrogen and oxygen atoms in total. The van der Waals surface area contributed by atoms with Gasteiger partial charge in [0.05, 0.1) is 0 Å². The first-order chi connectivity index (χ1) is 7.60. The third kappa shape index (κ3) is 1.09. The molecule has 1 aliphatic rings. The Kier molecular flexibility index (Phi) is 1.76. The summed E-state index contributed by atoms with van der Waals surface area (Å²) in [7, 11) is 0. The summed E-state index contributed by atoms with van der Waals surface area (Å²) in [6, 6.07) is 13.4. The predicted molar refractivity (Wildman–Crippen MR) is 64.0 cm³/mol. The van der Waals surface area contributed by atoms with Crippen LogP contribution in [-0.4, -0.2) is 0 Å². The summed E-state index contributed by atoms with van der Waals surface area (Å²) < 4.78 is 13.3. The van der Waals surface area contributed by atoms with E-state index in [4.69, 9.17) is 0 Å². The number of rotatable bonds is 0. The molecule has 2 aromatic carbocycles. The zero-order valence-corrected chi connectivity index (χ0v) is 9.42. The molecule has 0 saturated carbocycles. The second-order valence-corrected chi connectivity index (χ2v) is 4.86. The molecule has 0 N–H and O–H groups in total. The van der Waals surface area contributed by atoms with Crippen molar-refractivity contribution in [2.75, 3.05) is 0 Å². The average molecular weight is 212 g/mol. The van der Waals surface area contributed by atoms with Crippen LogP contribution in [-0.2, 0) is 5.41 Å². The highest BCUT2D eigenvalue weighted by molar-refractivity contribution is 5.80. The number of hydrogen-bond donors (Lipinski definition) is 0. The first-order valence-corrected chi connectivity index (χ1v) is 5.50. The van der Waals surface area contributed by atoms with Crippen LogP contribution in [0.25, 0.3) is 11.1 Å². The average Bonchev–Trinajstić information content (AvgIpc) is 2.49. The maximum atomic E-state index is 13.3. The van der Waals surface area contributed by atoms with Gasteiger partial charge < -0.3 is 0 Å². The Morgan fingerprint density at radius 1 is 0.875 bits per heavy atom. The van der Waals surface area contributed by atoms with E-state index in [9.17, 15) is 4.39 Å². The van der Waals surface area contributed by atoms with Crippen molar-refractivity contribution < 1.29 is 4.39 Å². The molecule has 16 heavy (non-hydrogen) atoms. The van der Waals surface area contributed by atoms with E-state index in [1.165, 1.54) is 16.7 Å². The first-order valence-electron chi connectivity index (χ1n) is 5.50. The highest BCUT2D eigenvalue weighted by Gasteiger charge is 2.34. The van der Waals surface area contributed by atoms with Gasteiger partial charge in [0.2, 0.25) is 0 Å². The third-order valence-electron chi connectivity index (χ3n) is 3.55. The summed E-state index contributed by atoms with van der Waals surface area (Å²) in [5.74, 6) is -0.161. The maximum absolute atomic E-state index is 13.3. The van der Waals surface area contributed by atoms with Gasteiger partial charge in [-0.1, -0.05) is 44.2 Å². The van der Waals surface area contributed by atoms with Crippen molar-refractivity contribution in [3.63, 3.8) is 0 Å². The topological polar surface area (TPSA) is 0 Å². The fourth-order valence-corrected chi connectivity index (χ4v) is 2.69. The molecule has 1 aliphatic carbocycles. The van der Waals surface area contributed by atoms with Gasteiger partial charge in [0.15, 0.2) is 0 Å². The first kappa shape index (κ1) is 9.59. The normalized spacial score (nSPS) is 15.7. The van der Waals surface area contributed by atoms with Crippen LogP contribution >= 0.6 is 0 Å². The van der Waals surface area contributed by atoms with Gasteiger partial charge in [0.1, 0.15) is 5.82 Å². The molecule has 0 spiro atoms. The fraction of sp³-hybridized carbons (Fsp3) is 0.200. The monoisotopic (exact) mass is 212 g/mol. The summed E-state index contributed by atoms with van der Waals surface area (Å²) in [5, 5.41) is 0. The van der Waals surface area contributed by atoms with Crippen molar-refractivity contribution in [2.45, 2.75) is 19.3 Å². The molecular formula is C15H13F. The minimum absolute atomic E-state index is 0.0143. The lowest BCUT2D eigenvalue weighted by atomic mass is 9.82. The Morgan fingerprint density at radius 3 is 2.38 bits per heavy atom. The minimum atomic E-state index is -0.161. The number of halogens is 1. The molecule has 0 amide bonds. The van der Waals surface area contributed by atoms with E-state index in [-0.39, 0.29) is 11.2 Å². The van der Waals surface area contributed by atoms with E-state index in [0.717, 1.165) is 5.56 Å². The zero-order chi connectivity index (χ0) is 11.3. The Labute approximate surface area is 94.7 Å². The quantitative estimate of drug-likeness (QED) is 0.616. The lowest BCUT2D eigenvalue weighted by molar-refractivity contribution is 0.622. The van der Waals surface area contributed by atoms with E-state index >= 15 is 0 Å². The van der Waals surface area contributed by atoms with Crippen molar-refractivity contribution in [1.82, 2.24) is 0 Å². The molecule has 0 unspecified atom stereocenters. The van der Waals surface area contributed by atoms with E-state index in [1.54, 1.807) is 12.1 Å². The van der Waals surface area contributed by atoms with Crippen LogP contribution in [0, 0.1) is 5.82 Å². The molecule has 0 radical (unpaired) electrons. The van der Waals surface area contributed by atoms with Crippen LogP contribution in [0.2, 0.25) is 0 Å². The van der Waals surface area contributed by atoms with E-state index in [2.05, 4.69) is 26.0 Å². The molecule has 80 valence electrons. The predicted octanol–water partition coefficient (Wildman–Crippen LogP) is 4.13. The molecule has 2 aromatic rings. The lowest BCUT2D eigenvalue weighted by Crippen LogP contribution is -2.14. The number of fused-ring (bicyclic) bond motifs is 3. The van der Waals surface area contributed by atoms with Gasteiger partial charge in [-0.05, 0) is 34.4 Å². The van der Waals surface area contributed by atoms with Crippen molar-refractivity contribution in [3.8, 4) is 11.1 Å². The molecule has 0 atom stereocenters. The third-order valence-corrected chi connectivity index (χ3v) is 3.55. The van der Waals surface area contributed by atoms with Gasteiger partial charge in [-0.3, -0.25) is 0 Å². The fourth-order valence-electron chi connectivity index (χ4n) is 2.69. The summed E-state index contributed by atoms with van der Waals surface area (Å²) in [4.78, 5) is 0. The van der Waals surface area contributed by atoms with Gasteiger partial charge >= 0.3 is 0 Å². The Balaban J connectivity index is 2.40. The van der Waals surface area contributed by atoms with Crippen LogP contribution in [0.3, 0.4) is 0 Å². The van der Waals surface area contributed by atoms with Crippen molar-refractivity contribution in [2.24, 2.45) is 0 Å². The van der Waals surface area contributed by atoms with Gasteiger partial charge in [0.25, 0.3) is 0 Å². The van der Waals surface area contributed by atoms with Gasteiger partial charge in [0, 0.05) is 5.41 Å². The highest BCUT2D eigenvalue weighted by atomic mass is 19.1. The van der Waals surface area contributed by atoms with Crippen molar-refractivity contribution >= 4 is 0 Å². The molecule has 0 saturated heterocycles. The highest BCUT2D eigenvalue weighted by Crippen LogP contribution is 2.48. The molecule has 0 heterocycles. The Morgan fingerprint density at radius 2 is 1.56 bits per heavy atom. The van der Waals surface area contributed by atoms with Crippen LogP contribution < -0.4 is 0 Å². The lowest BCUT2D eigenvalue weighted by Gasteiger charge is -2.21. The smallest absolute Gasteiger partial charge is 0.123 e. The van der Waals surface area contributed by atoms with Crippen LogP contribution in [0.1, 0.15) is 25.0 Å². The maximum Gasteiger partial charge on any atom is 0.123 e. The van der Waals surface area contributed by atoms with Gasteiger partial charge in [-0.25, -0.2) is 4.39 Å².